The van der Waals surface area contributed by atoms with Crippen molar-refractivity contribution in [1.82, 2.24) is 9.55 Å². The Balaban J connectivity index is 1.71. The Bertz CT molecular complexity index is 958. The Hall–Kier alpha value is -2.27. The van der Waals surface area contributed by atoms with Crippen LogP contribution in [-0.4, -0.2) is 21.2 Å². The fourth-order valence-corrected chi connectivity index (χ4v) is 3.91. The number of halogens is 1. The number of nitrogens with zero attached hydrogens (tertiary/aromatic N) is 3. The van der Waals surface area contributed by atoms with Crippen LogP contribution in [0.4, 0.5) is 5.00 Å². The van der Waals surface area contributed by atoms with Crippen LogP contribution in [0.3, 0.4) is 0 Å². The zero-order valence-corrected chi connectivity index (χ0v) is 15.6. The van der Waals surface area contributed by atoms with Crippen molar-refractivity contribution < 1.29 is 4.79 Å². The molecule has 0 spiro atoms. The van der Waals surface area contributed by atoms with E-state index in [0.717, 1.165) is 11.3 Å². The topological polar surface area (TPSA) is 70.7 Å². The van der Waals surface area contributed by atoms with Crippen LogP contribution in [0.1, 0.15) is 11.1 Å². The van der Waals surface area contributed by atoms with Gasteiger partial charge >= 0.3 is 0 Å². The molecule has 5 nitrogen and oxygen atoms in total. The molecule has 0 saturated carbocycles. The van der Waals surface area contributed by atoms with E-state index in [1.54, 1.807) is 17.6 Å². The van der Waals surface area contributed by atoms with Crippen LogP contribution in [-0.2, 0) is 4.79 Å². The van der Waals surface area contributed by atoms with Crippen molar-refractivity contribution in [1.29, 1.82) is 5.26 Å². The maximum atomic E-state index is 12.1. The third kappa shape index (κ3) is 3.87. The van der Waals surface area contributed by atoms with Crippen LogP contribution >= 0.6 is 34.7 Å². The second kappa shape index (κ2) is 7.74. The highest BCUT2D eigenvalue weighted by atomic mass is 35.5. The van der Waals surface area contributed by atoms with Gasteiger partial charge in [0.05, 0.1) is 17.0 Å². The first kappa shape index (κ1) is 17.5. The summed E-state index contributed by atoms with van der Waals surface area (Å²) < 4.78 is 1.91. The Morgan fingerprint density at radius 1 is 1.48 bits per heavy atom. The molecule has 0 radical (unpaired) electrons. The highest BCUT2D eigenvalue weighted by Gasteiger charge is 2.13. The summed E-state index contributed by atoms with van der Waals surface area (Å²) in [6.07, 6.45) is 3.53. The lowest BCUT2D eigenvalue weighted by atomic mass is 10.2. The van der Waals surface area contributed by atoms with E-state index in [1.807, 2.05) is 35.9 Å². The number of nitrogens with one attached hydrogen (secondary N) is 1. The smallest absolute Gasteiger partial charge is 0.235 e. The Morgan fingerprint density at radius 2 is 2.32 bits per heavy atom. The number of rotatable bonds is 5. The monoisotopic (exact) mass is 388 g/mol. The summed E-state index contributed by atoms with van der Waals surface area (Å²) in [4.78, 5) is 16.5. The number of thiophene rings is 1. The van der Waals surface area contributed by atoms with Gasteiger partial charge in [-0.05, 0) is 36.1 Å². The van der Waals surface area contributed by atoms with Gasteiger partial charge in [-0.1, -0.05) is 29.4 Å². The lowest BCUT2D eigenvalue weighted by molar-refractivity contribution is -0.113. The van der Waals surface area contributed by atoms with Crippen molar-refractivity contribution >= 4 is 45.6 Å². The molecule has 0 saturated heterocycles. The second-order valence-corrected chi connectivity index (χ2v) is 7.34. The first-order valence-corrected chi connectivity index (χ1v) is 9.53. The maximum absolute atomic E-state index is 12.1. The summed E-state index contributed by atoms with van der Waals surface area (Å²) >= 11 is 8.84. The summed E-state index contributed by atoms with van der Waals surface area (Å²) in [6.45, 7) is 1.94. The zero-order chi connectivity index (χ0) is 17.8. The lowest BCUT2D eigenvalue weighted by Crippen LogP contribution is -2.14. The minimum Gasteiger partial charge on any atom is -0.316 e. The molecule has 0 bridgehead atoms. The largest absolute Gasteiger partial charge is 0.316 e. The van der Waals surface area contributed by atoms with E-state index in [1.165, 1.54) is 23.1 Å². The Kier molecular flexibility index (Phi) is 5.43. The molecule has 0 atom stereocenters. The number of carbonyl (C=O) groups excluding carboxylic acids is 1. The van der Waals surface area contributed by atoms with E-state index in [2.05, 4.69) is 16.4 Å². The van der Waals surface area contributed by atoms with Gasteiger partial charge < -0.3 is 5.32 Å². The molecule has 3 rings (SSSR count). The zero-order valence-electron chi connectivity index (χ0n) is 13.2. The number of hydrogen-bond donors (Lipinski definition) is 1. The van der Waals surface area contributed by atoms with Gasteiger partial charge in [-0.15, -0.1) is 11.3 Å². The van der Waals surface area contributed by atoms with E-state index >= 15 is 0 Å². The molecule has 1 N–H and O–H groups in total. The Labute approximate surface area is 158 Å². The van der Waals surface area contributed by atoms with Gasteiger partial charge in [0.15, 0.2) is 5.16 Å². The molecule has 1 amide bonds. The molecule has 0 unspecified atom stereocenters. The number of imidazole rings is 1. The highest BCUT2D eigenvalue weighted by Crippen LogP contribution is 2.27. The fraction of sp³-hybridized carbons (Fsp3) is 0.118. The van der Waals surface area contributed by atoms with Gasteiger partial charge in [-0.25, -0.2) is 4.98 Å². The molecular formula is C17H13ClN4OS2. The molecule has 2 aromatic heterocycles. The van der Waals surface area contributed by atoms with Crippen molar-refractivity contribution in [3.8, 4) is 11.8 Å². The van der Waals surface area contributed by atoms with Gasteiger partial charge in [0.2, 0.25) is 5.91 Å². The number of amides is 1. The normalized spacial score (nSPS) is 10.4. The first-order valence-electron chi connectivity index (χ1n) is 7.29. The molecule has 2 heterocycles. The van der Waals surface area contributed by atoms with Gasteiger partial charge in [0.25, 0.3) is 0 Å². The van der Waals surface area contributed by atoms with Crippen molar-refractivity contribution in [3.63, 3.8) is 0 Å². The molecule has 0 aliphatic carbocycles. The average molecular weight is 389 g/mol. The molecule has 0 aliphatic heterocycles. The molecule has 3 aromatic rings. The highest BCUT2D eigenvalue weighted by molar-refractivity contribution is 7.99. The van der Waals surface area contributed by atoms with Crippen LogP contribution in [0.25, 0.3) is 5.69 Å². The molecular weight excluding hydrogens is 376 g/mol. The van der Waals surface area contributed by atoms with E-state index in [9.17, 15) is 4.79 Å². The van der Waals surface area contributed by atoms with Crippen molar-refractivity contribution in [2.24, 2.45) is 0 Å². The second-order valence-electron chi connectivity index (χ2n) is 5.08. The summed E-state index contributed by atoms with van der Waals surface area (Å²) in [6, 6.07) is 9.41. The Morgan fingerprint density at radius 3 is 3.12 bits per heavy atom. The van der Waals surface area contributed by atoms with Crippen molar-refractivity contribution in [2.45, 2.75) is 12.1 Å². The molecule has 0 fully saturated rings. The van der Waals surface area contributed by atoms with Gasteiger partial charge in [-0.2, -0.15) is 5.26 Å². The molecule has 126 valence electrons. The van der Waals surface area contributed by atoms with Crippen LogP contribution in [0, 0.1) is 18.3 Å². The lowest BCUT2D eigenvalue weighted by Gasteiger charge is -2.11. The van der Waals surface area contributed by atoms with Crippen LogP contribution in [0.15, 0.2) is 47.2 Å². The van der Waals surface area contributed by atoms with E-state index in [0.29, 0.717) is 20.7 Å². The number of nitriles is 1. The van der Waals surface area contributed by atoms with Crippen molar-refractivity contribution in [2.75, 3.05) is 11.1 Å². The predicted octanol–water partition coefficient (Wildman–Crippen LogP) is 4.50. The third-order valence-corrected chi connectivity index (χ3v) is 5.68. The summed E-state index contributed by atoms with van der Waals surface area (Å²) in [5.41, 5.74) is 2.35. The van der Waals surface area contributed by atoms with E-state index < -0.39 is 0 Å². The fourth-order valence-electron chi connectivity index (χ4n) is 2.22. The maximum Gasteiger partial charge on any atom is 0.235 e. The quantitative estimate of drug-likeness (QED) is 0.653. The van der Waals surface area contributed by atoms with Crippen LogP contribution in [0.5, 0.6) is 0 Å². The average Bonchev–Trinajstić information content (AvgIpc) is 3.24. The number of aromatic nitrogens is 2. The minimum absolute atomic E-state index is 0.179. The van der Waals surface area contributed by atoms with Crippen LogP contribution in [0.2, 0.25) is 5.02 Å². The summed E-state index contributed by atoms with van der Waals surface area (Å²) in [7, 11) is 0. The standard InChI is InChI=1S/C17H13ClN4OS2/c1-11-13(18)3-2-4-14(11)22-7-6-20-17(22)25-10-15(23)21-16-12(9-19)5-8-24-16/h2-8H,10H2,1H3,(H,21,23). The van der Waals surface area contributed by atoms with Crippen LogP contribution < -0.4 is 5.32 Å². The van der Waals surface area contributed by atoms with Crippen molar-refractivity contribution in [3.05, 3.63) is 58.2 Å². The van der Waals surface area contributed by atoms with Gasteiger partial charge in [-0.3, -0.25) is 9.36 Å². The third-order valence-electron chi connectivity index (χ3n) is 3.48. The van der Waals surface area contributed by atoms with E-state index in [4.69, 9.17) is 16.9 Å². The van der Waals surface area contributed by atoms with Gasteiger partial charge in [0, 0.05) is 17.4 Å². The minimum atomic E-state index is -0.179. The predicted molar refractivity (Wildman–Crippen MR) is 102 cm³/mol. The van der Waals surface area contributed by atoms with E-state index in [-0.39, 0.29) is 11.7 Å². The number of hydrogen-bond acceptors (Lipinski definition) is 5. The number of anilines is 1. The van der Waals surface area contributed by atoms with Gasteiger partial charge in [0.1, 0.15) is 11.1 Å². The SMILES string of the molecule is Cc1c(Cl)cccc1-n1ccnc1SCC(=O)Nc1sccc1C#N. The number of carbonyl (C=O) groups is 1. The molecule has 0 aliphatic rings. The number of benzene rings is 1. The number of thioether (sulfide) groups is 1. The molecule has 1 aromatic carbocycles. The molecule has 8 heteroatoms. The summed E-state index contributed by atoms with van der Waals surface area (Å²) in [5, 5.41) is 15.5. The molecule has 25 heavy (non-hydrogen) atoms. The summed E-state index contributed by atoms with van der Waals surface area (Å²) in [5.74, 6) is 0.0145. The first-order chi connectivity index (χ1) is 12.1.